The Balaban J connectivity index is 1.58. The van der Waals surface area contributed by atoms with E-state index in [2.05, 4.69) is 35.2 Å². The first-order valence-corrected chi connectivity index (χ1v) is 7.46. The highest BCUT2D eigenvalue weighted by atomic mass is 16.5. The summed E-state index contributed by atoms with van der Waals surface area (Å²) in [6.07, 6.45) is 4.10. The van der Waals surface area contributed by atoms with Crippen LogP contribution >= 0.6 is 0 Å². The molecule has 0 radical (unpaired) electrons. The second-order valence-electron chi connectivity index (χ2n) is 5.91. The lowest BCUT2D eigenvalue weighted by molar-refractivity contribution is -0.0214. The SMILES string of the molecule is NC1CN(Cc2ccccc2)CC1C1CCCCO1. The maximum Gasteiger partial charge on any atom is 0.0630 e. The Bertz CT molecular complexity index is 389. The van der Waals surface area contributed by atoms with E-state index in [1.54, 1.807) is 0 Å². The Hall–Kier alpha value is -0.900. The largest absolute Gasteiger partial charge is 0.378 e. The van der Waals surface area contributed by atoms with Gasteiger partial charge in [-0.1, -0.05) is 30.3 Å². The number of nitrogens with zero attached hydrogens (tertiary/aromatic N) is 1. The van der Waals surface area contributed by atoms with E-state index < -0.39 is 0 Å². The Morgan fingerprint density at radius 3 is 2.74 bits per heavy atom. The van der Waals surface area contributed by atoms with Gasteiger partial charge in [0.2, 0.25) is 0 Å². The van der Waals surface area contributed by atoms with E-state index >= 15 is 0 Å². The number of hydrogen-bond acceptors (Lipinski definition) is 3. The first-order chi connectivity index (χ1) is 9.33. The minimum Gasteiger partial charge on any atom is -0.378 e. The molecule has 2 aliphatic heterocycles. The summed E-state index contributed by atoms with van der Waals surface area (Å²) in [5.74, 6) is 0.518. The fourth-order valence-electron chi connectivity index (χ4n) is 3.41. The van der Waals surface area contributed by atoms with Gasteiger partial charge in [0.1, 0.15) is 0 Å². The number of rotatable bonds is 3. The van der Waals surface area contributed by atoms with Crippen LogP contribution in [-0.4, -0.2) is 36.7 Å². The molecule has 0 aromatic heterocycles. The normalized spacial score (nSPS) is 32.6. The van der Waals surface area contributed by atoms with Crippen LogP contribution in [0.3, 0.4) is 0 Å². The Labute approximate surface area is 115 Å². The Kier molecular flexibility index (Phi) is 4.16. The second-order valence-corrected chi connectivity index (χ2v) is 5.91. The summed E-state index contributed by atoms with van der Waals surface area (Å²) in [5.41, 5.74) is 7.71. The molecule has 0 amide bonds. The number of ether oxygens (including phenoxy) is 1. The van der Waals surface area contributed by atoms with Gasteiger partial charge in [-0.05, 0) is 24.8 Å². The summed E-state index contributed by atoms with van der Waals surface area (Å²) in [5, 5.41) is 0. The van der Waals surface area contributed by atoms with Gasteiger partial charge in [-0.3, -0.25) is 4.90 Å². The van der Waals surface area contributed by atoms with E-state index in [1.165, 1.54) is 24.8 Å². The summed E-state index contributed by atoms with van der Waals surface area (Å²) in [6, 6.07) is 10.9. The van der Waals surface area contributed by atoms with Crippen LogP contribution in [0.5, 0.6) is 0 Å². The van der Waals surface area contributed by atoms with Crippen LogP contribution in [0.1, 0.15) is 24.8 Å². The molecule has 2 fully saturated rings. The van der Waals surface area contributed by atoms with E-state index in [9.17, 15) is 0 Å². The molecule has 104 valence electrons. The lowest BCUT2D eigenvalue weighted by atomic mass is 9.92. The van der Waals surface area contributed by atoms with Crippen molar-refractivity contribution in [3.63, 3.8) is 0 Å². The van der Waals surface area contributed by atoms with E-state index in [-0.39, 0.29) is 6.04 Å². The molecule has 3 unspecified atom stereocenters. The van der Waals surface area contributed by atoms with Crippen LogP contribution in [-0.2, 0) is 11.3 Å². The Morgan fingerprint density at radius 1 is 1.16 bits per heavy atom. The fourth-order valence-corrected chi connectivity index (χ4v) is 3.41. The molecule has 1 aromatic rings. The zero-order valence-corrected chi connectivity index (χ0v) is 11.5. The van der Waals surface area contributed by atoms with Crippen molar-refractivity contribution in [1.29, 1.82) is 0 Å². The summed E-state index contributed by atoms with van der Waals surface area (Å²) in [6.45, 7) is 4.02. The lowest BCUT2D eigenvalue weighted by Crippen LogP contribution is -2.39. The van der Waals surface area contributed by atoms with Crippen LogP contribution < -0.4 is 5.73 Å². The van der Waals surface area contributed by atoms with Crippen molar-refractivity contribution in [2.75, 3.05) is 19.7 Å². The predicted molar refractivity (Wildman–Crippen MR) is 76.8 cm³/mol. The summed E-state index contributed by atoms with van der Waals surface area (Å²) < 4.78 is 5.92. The molecule has 2 heterocycles. The number of nitrogens with two attached hydrogens (primary N) is 1. The highest BCUT2D eigenvalue weighted by Gasteiger charge is 2.36. The van der Waals surface area contributed by atoms with E-state index in [4.69, 9.17) is 10.5 Å². The molecule has 0 aliphatic carbocycles. The van der Waals surface area contributed by atoms with Gasteiger partial charge in [-0.25, -0.2) is 0 Å². The molecule has 3 heteroatoms. The smallest absolute Gasteiger partial charge is 0.0630 e. The summed E-state index contributed by atoms with van der Waals surface area (Å²) >= 11 is 0. The maximum absolute atomic E-state index is 6.33. The van der Waals surface area contributed by atoms with Crippen molar-refractivity contribution in [3.8, 4) is 0 Å². The zero-order valence-electron chi connectivity index (χ0n) is 11.5. The van der Waals surface area contributed by atoms with E-state index in [0.717, 1.165) is 26.2 Å². The number of benzene rings is 1. The molecule has 0 bridgehead atoms. The highest BCUT2D eigenvalue weighted by Crippen LogP contribution is 2.28. The third-order valence-corrected chi connectivity index (χ3v) is 4.43. The first-order valence-electron chi connectivity index (χ1n) is 7.46. The topological polar surface area (TPSA) is 38.5 Å². The van der Waals surface area contributed by atoms with Crippen molar-refractivity contribution >= 4 is 0 Å². The maximum atomic E-state index is 6.33. The summed E-state index contributed by atoms with van der Waals surface area (Å²) in [4.78, 5) is 2.47. The van der Waals surface area contributed by atoms with Crippen molar-refractivity contribution in [2.45, 2.75) is 38.0 Å². The van der Waals surface area contributed by atoms with Crippen LogP contribution in [0.15, 0.2) is 30.3 Å². The molecule has 3 nitrogen and oxygen atoms in total. The third kappa shape index (κ3) is 3.16. The first kappa shape index (κ1) is 13.1. The molecule has 0 spiro atoms. The van der Waals surface area contributed by atoms with Crippen LogP contribution in [0.4, 0.5) is 0 Å². The summed E-state index contributed by atoms with van der Waals surface area (Å²) in [7, 11) is 0. The lowest BCUT2D eigenvalue weighted by Gasteiger charge is -2.29. The molecule has 0 saturated carbocycles. The molecule has 2 aliphatic rings. The minimum atomic E-state index is 0.270. The molecule has 1 aromatic carbocycles. The number of likely N-dealkylation sites (tertiary alicyclic amines) is 1. The number of hydrogen-bond donors (Lipinski definition) is 1. The predicted octanol–water partition coefficient (Wildman–Crippen LogP) is 2.01. The van der Waals surface area contributed by atoms with Gasteiger partial charge in [-0.15, -0.1) is 0 Å². The van der Waals surface area contributed by atoms with Crippen LogP contribution in [0.2, 0.25) is 0 Å². The van der Waals surface area contributed by atoms with Crippen molar-refractivity contribution in [1.82, 2.24) is 4.90 Å². The zero-order chi connectivity index (χ0) is 13.1. The molecular weight excluding hydrogens is 236 g/mol. The van der Waals surface area contributed by atoms with E-state index in [0.29, 0.717) is 12.0 Å². The van der Waals surface area contributed by atoms with Crippen molar-refractivity contribution < 1.29 is 4.74 Å². The van der Waals surface area contributed by atoms with Crippen LogP contribution in [0.25, 0.3) is 0 Å². The molecule has 2 N–H and O–H groups in total. The van der Waals surface area contributed by atoms with Gasteiger partial charge in [0, 0.05) is 38.2 Å². The average Bonchev–Trinajstić information content (AvgIpc) is 2.82. The Morgan fingerprint density at radius 2 is 2.00 bits per heavy atom. The van der Waals surface area contributed by atoms with Gasteiger partial charge in [0.25, 0.3) is 0 Å². The van der Waals surface area contributed by atoms with Gasteiger partial charge >= 0.3 is 0 Å². The fraction of sp³-hybridized carbons (Fsp3) is 0.625. The highest BCUT2D eigenvalue weighted by molar-refractivity contribution is 5.15. The van der Waals surface area contributed by atoms with Gasteiger partial charge in [-0.2, -0.15) is 0 Å². The minimum absolute atomic E-state index is 0.270. The monoisotopic (exact) mass is 260 g/mol. The molecule has 19 heavy (non-hydrogen) atoms. The van der Waals surface area contributed by atoms with Crippen molar-refractivity contribution in [2.24, 2.45) is 11.7 Å². The standard InChI is InChI=1S/C16H24N2O/c17-15-12-18(10-13-6-2-1-3-7-13)11-14(15)16-8-4-5-9-19-16/h1-3,6-7,14-16H,4-5,8-12,17H2. The van der Waals surface area contributed by atoms with Gasteiger partial charge < -0.3 is 10.5 Å². The van der Waals surface area contributed by atoms with E-state index in [1.807, 2.05) is 0 Å². The third-order valence-electron chi connectivity index (χ3n) is 4.43. The molecule has 3 rings (SSSR count). The molecule has 2 saturated heterocycles. The average molecular weight is 260 g/mol. The van der Waals surface area contributed by atoms with Crippen LogP contribution in [0, 0.1) is 5.92 Å². The quantitative estimate of drug-likeness (QED) is 0.903. The molecule has 3 atom stereocenters. The second kappa shape index (κ2) is 6.04. The molecular formula is C16H24N2O. The van der Waals surface area contributed by atoms with Gasteiger partial charge in [0.05, 0.1) is 6.10 Å². The van der Waals surface area contributed by atoms with Gasteiger partial charge in [0.15, 0.2) is 0 Å². The van der Waals surface area contributed by atoms with Crippen molar-refractivity contribution in [3.05, 3.63) is 35.9 Å².